The molecule has 1 amide bonds. The molecular weight excluding hydrogens is 409 g/mol. The molecule has 3 rings (SSSR count). The Morgan fingerprint density at radius 3 is 2.48 bits per heavy atom. The number of benzene rings is 2. The van der Waals surface area contributed by atoms with Crippen LogP contribution in [0.25, 0.3) is 0 Å². The van der Waals surface area contributed by atoms with Crippen molar-refractivity contribution >= 4 is 21.8 Å². The summed E-state index contributed by atoms with van der Waals surface area (Å²) in [5.74, 6) is -0.556. The number of nitrogens with zero attached hydrogens (tertiary/aromatic N) is 3. The van der Waals surface area contributed by atoms with Crippen LogP contribution in [0.4, 0.5) is 4.39 Å². The van der Waals surface area contributed by atoms with Crippen LogP contribution in [0.2, 0.25) is 0 Å². The molecule has 0 spiro atoms. The van der Waals surface area contributed by atoms with Gasteiger partial charge in [0.15, 0.2) is 0 Å². The van der Waals surface area contributed by atoms with Crippen molar-refractivity contribution in [3.63, 3.8) is 0 Å². The number of nitriles is 1. The second-order valence-electron chi connectivity index (χ2n) is 5.99. The molecule has 0 aliphatic heterocycles. The van der Waals surface area contributed by atoms with Gasteiger partial charge in [0.1, 0.15) is 5.82 Å². The Morgan fingerprint density at radius 1 is 1.07 bits per heavy atom. The monoisotopic (exact) mass is 423 g/mol. The number of carbonyl (C=O) groups excluding carboxylic acids is 1. The van der Waals surface area contributed by atoms with Crippen molar-refractivity contribution in [3.8, 4) is 6.07 Å². The molecule has 134 valence electrons. The molecule has 0 N–H and O–H groups in total. The van der Waals surface area contributed by atoms with Crippen molar-refractivity contribution in [1.29, 1.82) is 5.26 Å². The SMILES string of the molecule is N#Cc1ccc(CN(Cc2cccc(F)c2)C(=O)c2cncc(Br)c2)cc1. The first-order valence-electron chi connectivity index (χ1n) is 8.18. The molecule has 2 aromatic carbocycles. The summed E-state index contributed by atoms with van der Waals surface area (Å²) in [6, 6.07) is 17.0. The lowest BCUT2D eigenvalue weighted by molar-refractivity contribution is 0.0729. The molecule has 1 heterocycles. The minimum Gasteiger partial charge on any atom is -0.330 e. The maximum atomic E-state index is 13.6. The maximum Gasteiger partial charge on any atom is 0.256 e. The Kier molecular flexibility index (Phi) is 5.94. The minimum atomic E-state index is -0.345. The first-order chi connectivity index (χ1) is 13.0. The zero-order chi connectivity index (χ0) is 19.2. The van der Waals surface area contributed by atoms with Crippen LogP contribution in [0.15, 0.2) is 71.5 Å². The Bertz CT molecular complexity index is 999. The van der Waals surface area contributed by atoms with Crippen LogP contribution in [0.1, 0.15) is 27.0 Å². The van der Waals surface area contributed by atoms with E-state index in [9.17, 15) is 9.18 Å². The van der Waals surface area contributed by atoms with Gasteiger partial charge in [-0.05, 0) is 57.4 Å². The van der Waals surface area contributed by atoms with Gasteiger partial charge in [0.2, 0.25) is 0 Å². The third kappa shape index (κ3) is 4.99. The van der Waals surface area contributed by atoms with Gasteiger partial charge in [0.25, 0.3) is 5.91 Å². The summed E-state index contributed by atoms with van der Waals surface area (Å²) in [5.41, 5.74) is 2.56. The summed E-state index contributed by atoms with van der Waals surface area (Å²) in [4.78, 5) is 18.7. The van der Waals surface area contributed by atoms with Gasteiger partial charge < -0.3 is 4.90 Å². The molecule has 27 heavy (non-hydrogen) atoms. The lowest BCUT2D eigenvalue weighted by atomic mass is 10.1. The lowest BCUT2D eigenvalue weighted by Gasteiger charge is -2.23. The predicted molar refractivity (Wildman–Crippen MR) is 103 cm³/mol. The molecule has 3 aromatic rings. The van der Waals surface area contributed by atoms with Gasteiger partial charge in [-0.2, -0.15) is 5.26 Å². The molecule has 0 saturated carbocycles. The van der Waals surface area contributed by atoms with Crippen LogP contribution in [0.3, 0.4) is 0 Å². The highest BCUT2D eigenvalue weighted by molar-refractivity contribution is 9.10. The van der Waals surface area contributed by atoms with Crippen molar-refractivity contribution in [2.24, 2.45) is 0 Å². The van der Waals surface area contributed by atoms with E-state index in [1.165, 1.54) is 18.3 Å². The first-order valence-corrected chi connectivity index (χ1v) is 8.98. The molecule has 0 unspecified atom stereocenters. The number of rotatable bonds is 5. The van der Waals surface area contributed by atoms with E-state index < -0.39 is 0 Å². The molecular formula is C21H15BrFN3O. The molecule has 0 aliphatic rings. The molecule has 0 aliphatic carbocycles. The van der Waals surface area contributed by atoms with Crippen molar-refractivity contribution < 1.29 is 9.18 Å². The van der Waals surface area contributed by atoms with Gasteiger partial charge in [-0.25, -0.2) is 4.39 Å². The number of pyridine rings is 1. The number of amides is 1. The zero-order valence-corrected chi connectivity index (χ0v) is 15.9. The molecule has 6 heteroatoms. The highest BCUT2D eigenvalue weighted by Gasteiger charge is 2.18. The summed E-state index contributed by atoms with van der Waals surface area (Å²) < 4.78 is 14.3. The summed E-state index contributed by atoms with van der Waals surface area (Å²) in [6.45, 7) is 0.580. The summed E-state index contributed by atoms with van der Waals surface area (Å²) in [5, 5.41) is 8.93. The van der Waals surface area contributed by atoms with Gasteiger partial charge in [-0.15, -0.1) is 0 Å². The average Bonchev–Trinajstić information content (AvgIpc) is 2.67. The van der Waals surface area contributed by atoms with Gasteiger partial charge in [0, 0.05) is 30.0 Å². The molecule has 4 nitrogen and oxygen atoms in total. The van der Waals surface area contributed by atoms with E-state index >= 15 is 0 Å². The fraction of sp³-hybridized carbons (Fsp3) is 0.0952. The van der Waals surface area contributed by atoms with Crippen LogP contribution in [-0.4, -0.2) is 15.8 Å². The minimum absolute atomic E-state index is 0.211. The first kappa shape index (κ1) is 18.7. The molecule has 0 radical (unpaired) electrons. The summed E-state index contributed by atoms with van der Waals surface area (Å²) >= 11 is 3.33. The average molecular weight is 424 g/mol. The molecule has 0 bridgehead atoms. The fourth-order valence-electron chi connectivity index (χ4n) is 2.67. The summed E-state index contributed by atoms with van der Waals surface area (Å²) in [6.07, 6.45) is 3.11. The third-order valence-electron chi connectivity index (χ3n) is 3.96. The Labute approximate surface area is 165 Å². The van der Waals surface area contributed by atoms with Crippen LogP contribution in [0, 0.1) is 17.1 Å². The van der Waals surface area contributed by atoms with Crippen molar-refractivity contribution in [2.75, 3.05) is 0 Å². The summed E-state index contributed by atoms with van der Waals surface area (Å²) in [7, 11) is 0. The van der Waals surface area contributed by atoms with E-state index in [0.717, 1.165) is 5.56 Å². The molecule has 0 fully saturated rings. The predicted octanol–water partition coefficient (Wildman–Crippen LogP) is 4.70. The number of aromatic nitrogens is 1. The molecule has 1 aromatic heterocycles. The largest absolute Gasteiger partial charge is 0.330 e. The van der Waals surface area contributed by atoms with Crippen molar-refractivity contribution in [3.05, 3.63) is 99.5 Å². The Balaban J connectivity index is 1.89. The maximum absolute atomic E-state index is 13.6. The number of halogens is 2. The van der Waals surface area contributed by atoms with Crippen molar-refractivity contribution in [2.45, 2.75) is 13.1 Å². The third-order valence-corrected chi connectivity index (χ3v) is 4.39. The van der Waals surface area contributed by atoms with Gasteiger partial charge in [-0.3, -0.25) is 9.78 Å². The highest BCUT2D eigenvalue weighted by atomic mass is 79.9. The van der Waals surface area contributed by atoms with E-state index in [4.69, 9.17) is 5.26 Å². The Morgan fingerprint density at radius 2 is 1.81 bits per heavy atom. The van der Waals surface area contributed by atoms with Crippen LogP contribution < -0.4 is 0 Å². The van der Waals surface area contributed by atoms with Gasteiger partial charge >= 0.3 is 0 Å². The second-order valence-corrected chi connectivity index (χ2v) is 6.91. The van der Waals surface area contributed by atoms with E-state index in [2.05, 4.69) is 27.0 Å². The van der Waals surface area contributed by atoms with E-state index in [0.29, 0.717) is 27.7 Å². The molecule has 0 saturated heterocycles. The Hall–Kier alpha value is -3.04. The number of hydrogen-bond acceptors (Lipinski definition) is 3. The van der Waals surface area contributed by atoms with Crippen molar-refractivity contribution in [1.82, 2.24) is 9.88 Å². The quantitative estimate of drug-likeness (QED) is 0.597. The van der Waals surface area contributed by atoms with Gasteiger partial charge in [0.05, 0.1) is 17.2 Å². The lowest BCUT2D eigenvalue weighted by Crippen LogP contribution is -2.30. The van der Waals surface area contributed by atoms with Gasteiger partial charge in [-0.1, -0.05) is 24.3 Å². The smallest absolute Gasteiger partial charge is 0.256 e. The number of hydrogen-bond donors (Lipinski definition) is 0. The van der Waals surface area contributed by atoms with E-state index in [1.807, 2.05) is 12.1 Å². The van der Waals surface area contributed by atoms with Crippen LogP contribution in [0.5, 0.6) is 0 Å². The normalized spacial score (nSPS) is 10.3. The fourth-order valence-corrected chi connectivity index (χ4v) is 3.04. The second kappa shape index (κ2) is 8.56. The highest BCUT2D eigenvalue weighted by Crippen LogP contribution is 2.17. The molecule has 0 atom stereocenters. The van der Waals surface area contributed by atoms with E-state index in [1.54, 1.807) is 41.4 Å². The standard InChI is InChI=1S/C21H15BrFN3O/c22-19-9-18(11-25-12-19)21(27)26(14-17-2-1-3-20(23)8-17)13-16-6-4-15(10-24)5-7-16/h1-9,11-12H,13-14H2. The number of carbonyl (C=O) groups is 1. The zero-order valence-electron chi connectivity index (χ0n) is 14.3. The topological polar surface area (TPSA) is 57.0 Å². The van der Waals surface area contributed by atoms with E-state index in [-0.39, 0.29) is 18.3 Å². The van der Waals surface area contributed by atoms with Crippen LogP contribution in [-0.2, 0) is 13.1 Å². The van der Waals surface area contributed by atoms with Crippen LogP contribution >= 0.6 is 15.9 Å².